The van der Waals surface area contributed by atoms with Crippen molar-refractivity contribution in [2.24, 2.45) is 0 Å². The summed E-state index contributed by atoms with van der Waals surface area (Å²) in [5.74, 6) is -0.452. The van der Waals surface area contributed by atoms with E-state index in [9.17, 15) is 9.59 Å². The molecule has 4 nitrogen and oxygen atoms in total. The van der Waals surface area contributed by atoms with Gasteiger partial charge in [0.1, 0.15) is 5.69 Å². The predicted molar refractivity (Wildman–Crippen MR) is 54.7 cm³/mol. The molecule has 14 heavy (non-hydrogen) atoms. The van der Waals surface area contributed by atoms with Gasteiger partial charge in [0.25, 0.3) is 10.9 Å². The third kappa shape index (κ3) is 1.31. The van der Waals surface area contributed by atoms with Gasteiger partial charge in [-0.2, -0.15) is 0 Å². The Kier molecular flexibility index (Phi) is 2.09. The third-order valence-electron chi connectivity index (χ3n) is 1.90. The van der Waals surface area contributed by atoms with E-state index in [4.69, 9.17) is 5.11 Å². The van der Waals surface area contributed by atoms with E-state index in [0.717, 1.165) is 4.88 Å². The Morgan fingerprint density at radius 1 is 1.36 bits per heavy atom. The molecule has 2 N–H and O–H groups in total. The van der Waals surface area contributed by atoms with Gasteiger partial charge in [0.05, 0.1) is 0 Å². The molecule has 0 unspecified atom stereocenters. The van der Waals surface area contributed by atoms with Crippen molar-refractivity contribution >= 4 is 17.0 Å². The van der Waals surface area contributed by atoms with Crippen LogP contribution in [0.2, 0.25) is 0 Å². The molecule has 0 aliphatic heterocycles. The van der Waals surface area contributed by atoms with Gasteiger partial charge >= 0.3 is 0 Å². The maximum Gasteiger partial charge on any atom is 0.271 e. The maximum absolute atomic E-state index is 10.9. The summed E-state index contributed by atoms with van der Waals surface area (Å²) in [6.07, 6.45) is 0. The summed E-state index contributed by atoms with van der Waals surface area (Å²) in [4.78, 5) is 22.6. The smallest absolute Gasteiger partial charge is 0.271 e. The molecule has 1 aromatic carbocycles. The molecule has 72 valence electrons. The van der Waals surface area contributed by atoms with Crippen LogP contribution in [0.4, 0.5) is 5.69 Å². The summed E-state index contributed by atoms with van der Waals surface area (Å²) < 4.78 is 0. The minimum atomic E-state index is -0.807. The quantitative estimate of drug-likeness (QED) is 0.729. The van der Waals surface area contributed by atoms with E-state index in [0.29, 0.717) is 6.54 Å². The molecule has 0 aliphatic carbocycles. The largest absolute Gasteiger partial charge is 0.502 e. The van der Waals surface area contributed by atoms with E-state index in [-0.39, 0.29) is 5.69 Å². The van der Waals surface area contributed by atoms with E-state index < -0.39 is 16.6 Å². The van der Waals surface area contributed by atoms with Crippen LogP contribution in [0.5, 0.6) is 5.75 Å². The van der Waals surface area contributed by atoms with Crippen LogP contribution in [-0.2, 0) is 6.54 Å². The molecular formula is C9H7NO3S. The van der Waals surface area contributed by atoms with Crippen LogP contribution in [0.25, 0.3) is 0 Å². The van der Waals surface area contributed by atoms with Crippen molar-refractivity contribution in [2.75, 3.05) is 5.32 Å². The zero-order valence-electron chi connectivity index (χ0n) is 7.11. The molecule has 5 heteroatoms. The third-order valence-corrected chi connectivity index (χ3v) is 2.78. The van der Waals surface area contributed by atoms with Crippen molar-refractivity contribution in [1.29, 1.82) is 0 Å². The highest BCUT2D eigenvalue weighted by molar-refractivity contribution is 7.09. The first-order valence-electron chi connectivity index (χ1n) is 3.98. The van der Waals surface area contributed by atoms with Crippen LogP contribution < -0.4 is 16.2 Å². The molecule has 0 fully saturated rings. The molecule has 0 atom stereocenters. The minimum absolute atomic E-state index is 0.0309. The van der Waals surface area contributed by atoms with Crippen LogP contribution in [0.15, 0.2) is 27.1 Å². The van der Waals surface area contributed by atoms with Crippen LogP contribution in [0.1, 0.15) is 4.88 Å². The lowest BCUT2D eigenvalue weighted by Crippen LogP contribution is -2.33. The van der Waals surface area contributed by atoms with Crippen molar-refractivity contribution in [3.63, 3.8) is 0 Å². The highest BCUT2D eigenvalue weighted by Crippen LogP contribution is 2.17. The van der Waals surface area contributed by atoms with Crippen LogP contribution in [0.3, 0.4) is 0 Å². The molecule has 0 bridgehead atoms. The average Bonchev–Trinajstić information content (AvgIpc) is 2.70. The Morgan fingerprint density at radius 3 is 2.71 bits per heavy atom. The van der Waals surface area contributed by atoms with Crippen molar-refractivity contribution < 1.29 is 5.11 Å². The lowest BCUT2D eigenvalue weighted by molar-refractivity contribution is 0.465. The Balaban J connectivity index is 2.07. The molecule has 2 aromatic rings. The number of hydrogen-bond acceptors (Lipinski definition) is 5. The second-order valence-electron chi connectivity index (χ2n) is 2.81. The summed E-state index contributed by atoms with van der Waals surface area (Å²) in [6, 6.07) is 3.80. The molecule has 1 aromatic heterocycles. The lowest BCUT2D eigenvalue weighted by Gasteiger charge is -2.06. The zero-order chi connectivity index (χ0) is 10.1. The fraction of sp³-hybridized carbons (Fsp3) is 0.111. The van der Waals surface area contributed by atoms with Crippen LogP contribution in [0, 0.1) is 0 Å². The molecule has 0 saturated heterocycles. The van der Waals surface area contributed by atoms with Gasteiger partial charge in [0.15, 0.2) is 5.75 Å². The molecule has 0 spiro atoms. The second-order valence-corrected chi connectivity index (χ2v) is 3.85. The van der Waals surface area contributed by atoms with Gasteiger partial charge in [0.2, 0.25) is 0 Å². The van der Waals surface area contributed by atoms with E-state index in [2.05, 4.69) is 5.32 Å². The Labute approximate surface area is 83.1 Å². The molecule has 2 rings (SSSR count). The first kappa shape index (κ1) is 8.96. The summed E-state index contributed by atoms with van der Waals surface area (Å²) in [7, 11) is 0. The van der Waals surface area contributed by atoms with Crippen molar-refractivity contribution in [2.45, 2.75) is 6.54 Å². The highest BCUT2D eigenvalue weighted by Gasteiger charge is 2.19. The number of anilines is 1. The van der Waals surface area contributed by atoms with Gasteiger partial charge in [0, 0.05) is 11.4 Å². The molecule has 1 heterocycles. The molecule has 0 amide bonds. The maximum atomic E-state index is 10.9. The van der Waals surface area contributed by atoms with Gasteiger partial charge < -0.3 is 10.4 Å². The molecule has 0 saturated carbocycles. The Morgan fingerprint density at radius 2 is 2.14 bits per heavy atom. The second kappa shape index (κ2) is 3.26. The number of nitrogens with one attached hydrogen (secondary N) is 1. The molecule has 0 aliphatic rings. The summed E-state index contributed by atoms with van der Waals surface area (Å²) in [5, 5.41) is 13.7. The van der Waals surface area contributed by atoms with Gasteiger partial charge in [-0.1, -0.05) is 6.07 Å². The molecular weight excluding hydrogens is 202 g/mol. The number of rotatable bonds is 3. The minimum Gasteiger partial charge on any atom is -0.502 e. The van der Waals surface area contributed by atoms with Crippen LogP contribution in [-0.4, -0.2) is 5.11 Å². The Bertz CT molecular complexity index is 508. The zero-order valence-corrected chi connectivity index (χ0v) is 7.93. The van der Waals surface area contributed by atoms with E-state index in [1.807, 2.05) is 17.5 Å². The first-order valence-corrected chi connectivity index (χ1v) is 4.86. The molecule has 0 radical (unpaired) electrons. The number of thiophene rings is 1. The normalized spacial score (nSPS) is 10.6. The summed E-state index contributed by atoms with van der Waals surface area (Å²) in [6.45, 7) is 0.454. The van der Waals surface area contributed by atoms with E-state index in [1.165, 1.54) is 11.3 Å². The van der Waals surface area contributed by atoms with Gasteiger partial charge in [-0.25, -0.2) is 0 Å². The summed E-state index contributed by atoms with van der Waals surface area (Å²) in [5.41, 5.74) is -1.42. The van der Waals surface area contributed by atoms with Gasteiger partial charge in [-0.15, -0.1) is 11.3 Å². The number of aromatic hydroxyl groups is 1. The fourth-order valence-corrected chi connectivity index (χ4v) is 1.78. The van der Waals surface area contributed by atoms with Crippen molar-refractivity contribution in [3.05, 3.63) is 42.8 Å². The SMILES string of the molecule is O=c1c(O)c(NCc2cccs2)c1=O. The predicted octanol–water partition coefficient (Wildman–Crippen LogP) is 0.662. The van der Waals surface area contributed by atoms with Crippen molar-refractivity contribution in [3.8, 4) is 5.75 Å². The Hall–Kier alpha value is -1.62. The van der Waals surface area contributed by atoms with Gasteiger partial charge in [-0.3, -0.25) is 9.59 Å². The average molecular weight is 209 g/mol. The highest BCUT2D eigenvalue weighted by atomic mass is 32.1. The first-order chi connectivity index (χ1) is 6.70. The monoisotopic (exact) mass is 209 g/mol. The van der Waals surface area contributed by atoms with Crippen molar-refractivity contribution in [1.82, 2.24) is 0 Å². The van der Waals surface area contributed by atoms with Gasteiger partial charge in [-0.05, 0) is 11.4 Å². The van der Waals surface area contributed by atoms with E-state index in [1.54, 1.807) is 0 Å². The standard InChI is InChI=1S/C9H7NO3S/c11-7-6(8(12)9(7)13)10-4-5-2-1-3-14-5/h1-3,10-11H,4H2. The number of hydrogen-bond donors (Lipinski definition) is 2. The summed E-state index contributed by atoms with van der Waals surface area (Å²) >= 11 is 1.54. The lowest BCUT2D eigenvalue weighted by atomic mass is 10.2. The van der Waals surface area contributed by atoms with Crippen LogP contribution >= 0.6 is 11.3 Å². The topological polar surface area (TPSA) is 66.4 Å². The fourth-order valence-electron chi connectivity index (χ4n) is 1.13. The van der Waals surface area contributed by atoms with E-state index >= 15 is 0 Å².